The molecule has 1 aromatic rings. The smallest absolute Gasteiger partial charge is 0.370 e. The summed E-state index contributed by atoms with van der Waals surface area (Å²) in [6.45, 7) is 6.45. The Morgan fingerprint density at radius 1 is 1.19 bits per heavy atom. The molecule has 1 heterocycles. The maximum atomic E-state index is 15.2. The van der Waals surface area contributed by atoms with Crippen LogP contribution in [0.25, 0.3) is 0 Å². The first kappa shape index (κ1) is 21.5. The molecule has 0 spiro atoms. The highest BCUT2D eigenvalue weighted by Crippen LogP contribution is 2.65. The van der Waals surface area contributed by atoms with E-state index in [2.05, 4.69) is 0 Å². The molecule has 1 fully saturated rings. The van der Waals surface area contributed by atoms with Gasteiger partial charge in [-0.15, -0.1) is 0 Å². The highest BCUT2D eigenvalue weighted by Gasteiger charge is 2.66. The standard InChI is InChI=1S/C18H27F2O5P/c1-5-24-26(21,25-6-2)18(19,20)16-15(17(3,4)13-23-16)22-12-14-10-8-7-9-11-14/h7-11,15-16H,5-6,12-13H2,1-4H3/t15-,16+/m0/s1. The summed E-state index contributed by atoms with van der Waals surface area (Å²) in [4.78, 5) is 0. The second-order valence-corrected chi connectivity index (χ2v) is 8.97. The van der Waals surface area contributed by atoms with Crippen LogP contribution >= 0.6 is 7.60 Å². The molecule has 2 rings (SSSR count). The molecule has 1 aliphatic heterocycles. The third kappa shape index (κ3) is 4.34. The maximum Gasteiger partial charge on any atom is 0.402 e. The minimum atomic E-state index is -4.70. The topological polar surface area (TPSA) is 54.0 Å². The van der Waals surface area contributed by atoms with Gasteiger partial charge in [-0.1, -0.05) is 44.2 Å². The Hall–Kier alpha value is -0.850. The lowest BCUT2D eigenvalue weighted by Gasteiger charge is -2.34. The molecule has 0 saturated carbocycles. The molecule has 148 valence electrons. The summed E-state index contributed by atoms with van der Waals surface area (Å²) >= 11 is 0. The molecular weight excluding hydrogens is 365 g/mol. The summed E-state index contributed by atoms with van der Waals surface area (Å²) in [5.41, 5.74) is -3.64. The molecule has 1 aliphatic rings. The average molecular weight is 392 g/mol. The molecule has 1 aromatic carbocycles. The highest BCUT2D eigenvalue weighted by atomic mass is 31.2. The largest absolute Gasteiger partial charge is 0.402 e. The Morgan fingerprint density at radius 2 is 1.77 bits per heavy atom. The van der Waals surface area contributed by atoms with Gasteiger partial charge in [-0.05, 0) is 19.4 Å². The van der Waals surface area contributed by atoms with Crippen LogP contribution in [-0.4, -0.2) is 37.7 Å². The summed E-state index contributed by atoms with van der Waals surface area (Å²) in [6, 6.07) is 9.25. The van der Waals surface area contributed by atoms with Crippen molar-refractivity contribution in [3.05, 3.63) is 35.9 Å². The van der Waals surface area contributed by atoms with E-state index in [0.717, 1.165) is 5.56 Å². The predicted octanol–water partition coefficient (Wildman–Crippen LogP) is 4.86. The molecule has 5 nitrogen and oxygen atoms in total. The van der Waals surface area contributed by atoms with Crippen LogP contribution in [0.2, 0.25) is 0 Å². The van der Waals surface area contributed by atoms with E-state index in [9.17, 15) is 4.57 Å². The van der Waals surface area contributed by atoms with Gasteiger partial charge in [-0.25, -0.2) is 0 Å². The van der Waals surface area contributed by atoms with Crippen LogP contribution in [0, 0.1) is 5.41 Å². The Morgan fingerprint density at radius 3 is 2.31 bits per heavy atom. The zero-order chi connectivity index (χ0) is 19.4. The second-order valence-electron chi connectivity index (χ2n) is 6.86. The number of halogens is 2. The Labute approximate surface area is 153 Å². The first-order chi connectivity index (χ1) is 12.2. The molecule has 0 amide bonds. The number of ether oxygens (including phenoxy) is 2. The van der Waals surface area contributed by atoms with Crippen LogP contribution in [0.15, 0.2) is 30.3 Å². The van der Waals surface area contributed by atoms with E-state index in [0.29, 0.717) is 0 Å². The average Bonchev–Trinajstić information content (AvgIpc) is 2.89. The number of benzene rings is 1. The molecule has 0 N–H and O–H groups in total. The van der Waals surface area contributed by atoms with Crippen molar-refractivity contribution in [2.45, 2.75) is 52.2 Å². The van der Waals surface area contributed by atoms with Gasteiger partial charge in [0.25, 0.3) is 0 Å². The lowest BCUT2D eigenvalue weighted by molar-refractivity contribution is -0.130. The molecule has 0 unspecified atom stereocenters. The Bertz CT molecular complexity index is 613. The SMILES string of the molecule is CCOP(=O)(OCC)C(F)(F)[C@@H]1OCC(C)(C)[C@H]1OCc1ccccc1. The van der Waals surface area contributed by atoms with Gasteiger partial charge in [0.15, 0.2) is 6.10 Å². The fourth-order valence-corrected chi connectivity index (χ4v) is 4.56. The first-order valence-corrected chi connectivity index (χ1v) is 10.3. The normalized spacial score (nSPS) is 23.3. The number of rotatable bonds is 9. The van der Waals surface area contributed by atoms with Crippen LogP contribution in [0.5, 0.6) is 0 Å². The molecule has 8 heteroatoms. The van der Waals surface area contributed by atoms with Gasteiger partial charge in [0.05, 0.1) is 32.5 Å². The van der Waals surface area contributed by atoms with Crippen LogP contribution in [0.4, 0.5) is 8.78 Å². The van der Waals surface area contributed by atoms with Gasteiger partial charge in [-0.2, -0.15) is 8.78 Å². The van der Waals surface area contributed by atoms with E-state index >= 15 is 8.78 Å². The van der Waals surface area contributed by atoms with E-state index in [4.69, 9.17) is 18.5 Å². The van der Waals surface area contributed by atoms with E-state index in [1.54, 1.807) is 13.8 Å². The van der Waals surface area contributed by atoms with Crippen molar-refractivity contribution in [2.75, 3.05) is 19.8 Å². The van der Waals surface area contributed by atoms with Gasteiger partial charge >= 0.3 is 13.3 Å². The first-order valence-electron chi connectivity index (χ1n) is 8.72. The Kier molecular flexibility index (Phi) is 6.97. The van der Waals surface area contributed by atoms with E-state index in [-0.39, 0.29) is 26.4 Å². The zero-order valence-electron chi connectivity index (χ0n) is 15.6. The van der Waals surface area contributed by atoms with Gasteiger partial charge in [-0.3, -0.25) is 4.57 Å². The fraction of sp³-hybridized carbons (Fsp3) is 0.667. The van der Waals surface area contributed by atoms with Crippen LogP contribution < -0.4 is 0 Å². The van der Waals surface area contributed by atoms with E-state index in [1.807, 2.05) is 30.3 Å². The number of alkyl halides is 2. The highest BCUT2D eigenvalue weighted by molar-refractivity contribution is 7.55. The van der Waals surface area contributed by atoms with Gasteiger partial charge in [0, 0.05) is 5.41 Å². The zero-order valence-corrected chi connectivity index (χ0v) is 16.5. The van der Waals surface area contributed by atoms with Crippen molar-refractivity contribution in [1.29, 1.82) is 0 Å². The van der Waals surface area contributed by atoms with Crippen molar-refractivity contribution in [2.24, 2.45) is 5.41 Å². The van der Waals surface area contributed by atoms with Gasteiger partial charge in [0.2, 0.25) is 0 Å². The van der Waals surface area contributed by atoms with Crippen molar-refractivity contribution in [3.8, 4) is 0 Å². The number of hydrogen-bond acceptors (Lipinski definition) is 5. The minimum Gasteiger partial charge on any atom is -0.370 e. The van der Waals surface area contributed by atoms with Gasteiger partial charge < -0.3 is 18.5 Å². The molecule has 0 aliphatic carbocycles. The summed E-state index contributed by atoms with van der Waals surface area (Å²) in [7, 11) is -4.70. The fourth-order valence-electron chi connectivity index (χ4n) is 2.94. The summed E-state index contributed by atoms with van der Waals surface area (Å²) in [5, 5.41) is 0. The predicted molar refractivity (Wildman–Crippen MR) is 94.3 cm³/mol. The summed E-state index contributed by atoms with van der Waals surface area (Å²) in [5.74, 6) is 0. The van der Waals surface area contributed by atoms with E-state index < -0.39 is 30.9 Å². The third-order valence-corrected chi connectivity index (χ3v) is 6.44. The third-order valence-electron chi connectivity index (χ3n) is 4.26. The quantitative estimate of drug-likeness (QED) is 0.562. The van der Waals surface area contributed by atoms with Crippen molar-refractivity contribution in [1.82, 2.24) is 0 Å². The maximum absolute atomic E-state index is 15.2. The number of hydrogen-bond donors (Lipinski definition) is 0. The van der Waals surface area contributed by atoms with Gasteiger partial charge in [0.1, 0.15) is 0 Å². The molecule has 0 aromatic heterocycles. The molecule has 0 radical (unpaired) electrons. The van der Waals surface area contributed by atoms with Crippen LogP contribution in [0.3, 0.4) is 0 Å². The lowest BCUT2D eigenvalue weighted by atomic mass is 9.87. The molecule has 1 saturated heterocycles. The Balaban J connectivity index is 2.25. The van der Waals surface area contributed by atoms with E-state index in [1.165, 1.54) is 13.8 Å². The second kappa shape index (κ2) is 8.44. The molecule has 26 heavy (non-hydrogen) atoms. The molecule has 2 atom stereocenters. The van der Waals surface area contributed by atoms with Crippen molar-refractivity contribution >= 4 is 7.60 Å². The monoisotopic (exact) mass is 392 g/mol. The summed E-state index contributed by atoms with van der Waals surface area (Å²) < 4.78 is 64.0. The van der Waals surface area contributed by atoms with Crippen molar-refractivity contribution < 1.29 is 31.9 Å². The van der Waals surface area contributed by atoms with Crippen LogP contribution in [-0.2, 0) is 29.7 Å². The minimum absolute atomic E-state index is 0.0605. The lowest BCUT2D eigenvalue weighted by Crippen LogP contribution is -2.46. The molecule has 0 bridgehead atoms. The molecular formula is C18H27F2O5P. The van der Waals surface area contributed by atoms with Crippen LogP contribution in [0.1, 0.15) is 33.3 Å². The van der Waals surface area contributed by atoms with Crippen molar-refractivity contribution in [3.63, 3.8) is 0 Å². The summed E-state index contributed by atoms with van der Waals surface area (Å²) in [6.07, 6.45) is -2.68.